The van der Waals surface area contributed by atoms with Crippen molar-refractivity contribution in [2.24, 2.45) is 0 Å². The topological polar surface area (TPSA) is 46.1 Å². The van der Waals surface area contributed by atoms with E-state index in [4.69, 9.17) is 0 Å². The third-order valence-corrected chi connectivity index (χ3v) is 4.81. The molecule has 1 aliphatic heterocycles. The molecule has 0 fully saturated rings. The van der Waals surface area contributed by atoms with Crippen LogP contribution in [0.3, 0.4) is 0 Å². The molecular formula is C21H20FN3O. The molecule has 2 heterocycles. The molecule has 3 aromatic rings. The number of hydrogen-bond acceptors (Lipinski definition) is 2. The van der Waals surface area contributed by atoms with Crippen LogP contribution in [0.2, 0.25) is 0 Å². The molecule has 2 aromatic carbocycles. The van der Waals surface area contributed by atoms with Gasteiger partial charge < -0.3 is 15.2 Å². The van der Waals surface area contributed by atoms with Gasteiger partial charge in [-0.3, -0.25) is 4.79 Å². The van der Waals surface area contributed by atoms with Crippen molar-refractivity contribution in [2.75, 3.05) is 20.1 Å². The van der Waals surface area contributed by atoms with Crippen LogP contribution in [0.25, 0.3) is 22.2 Å². The predicted molar refractivity (Wildman–Crippen MR) is 102 cm³/mol. The van der Waals surface area contributed by atoms with Gasteiger partial charge in [0.25, 0.3) is 5.91 Å². The van der Waals surface area contributed by atoms with E-state index in [0.717, 1.165) is 41.7 Å². The monoisotopic (exact) mass is 349 g/mol. The minimum atomic E-state index is -0.256. The molecule has 0 aliphatic carbocycles. The zero-order valence-electron chi connectivity index (χ0n) is 14.6. The van der Waals surface area contributed by atoms with Crippen molar-refractivity contribution in [3.63, 3.8) is 0 Å². The highest BCUT2D eigenvalue weighted by Gasteiger charge is 2.16. The standard InChI is InChI=1S/C21H20FN3O/c1-23-21(26)15-2-7-20-18(12-15)19(14-8-10-24-11-9-14)13-25(20)17-5-3-16(22)4-6-17/h2-8,12-13,24H,9-11H2,1H3,(H,23,26). The predicted octanol–water partition coefficient (Wildman–Crippen LogP) is 3.51. The first kappa shape index (κ1) is 16.5. The molecule has 5 heteroatoms. The average molecular weight is 349 g/mol. The first-order chi connectivity index (χ1) is 12.7. The van der Waals surface area contributed by atoms with E-state index in [2.05, 4.69) is 27.5 Å². The first-order valence-electron chi connectivity index (χ1n) is 8.70. The summed E-state index contributed by atoms with van der Waals surface area (Å²) >= 11 is 0. The van der Waals surface area contributed by atoms with Gasteiger partial charge in [-0.25, -0.2) is 4.39 Å². The van der Waals surface area contributed by atoms with Crippen LogP contribution in [-0.2, 0) is 0 Å². The fourth-order valence-electron chi connectivity index (χ4n) is 3.45. The van der Waals surface area contributed by atoms with E-state index in [0.29, 0.717) is 5.56 Å². The van der Waals surface area contributed by atoms with Crippen molar-refractivity contribution in [1.29, 1.82) is 0 Å². The normalized spacial score (nSPS) is 14.3. The van der Waals surface area contributed by atoms with Crippen LogP contribution in [-0.4, -0.2) is 30.6 Å². The Balaban J connectivity index is 1.94. The molecule has 26 heavy (non-hydrogen) atoms. The lowest BCUT2D eigenvalue weighted by atomic mass is 9.98. The number of carbonyl (C=O) groups is 1. The highest BCUT2D eigenvalue weighted by atomic mass is 19.1. The van der Waals surface area contributed by atoms with E-state index in [1.165, 1.54) is 17.7 Å². The smallest absolute Gasteiger partial charge is 0.251 e. The van der Waals surface area contributed by atoms with Gasteiger partial charge in [0, 0.05) is 42.0 Å². The summed E-state index contributed by atoms with van der Waals surface area (Å²) in [6.45, 7) is 1.78. The van der Waals surface area contributed by atoms with E-state index >= 15 is 0 Å². The van der Waals surface area contributed by atoms with Crippen LogP contribution >= 0.6 is 0 Å². The zero-order chi connectivity index (χ0) is 18.1. The Hall–Kier alpha value is -2.92. The quantitative estimate of drug-likeness (QED) is 0.760. The number of halogens is 1. The largest absolute Gasteiger partial charge is 0.355 e. The molecule has 1 aromatic heterocycles. The number of fused-ring (bicyclic) bond motifs is 1. The molecule has 0 unspecified atom stereocenters. The number of nitrogens with one attached hydrogen (secondary N) is 2. The summed E-state index contributed by atoms with van der Waals surface area (Å²) in [6.07, 6.45) is 5.22. The third kappa shape index (κ3) is 2.91. The van der Waals surface area contributed by atoms with Crippen molar-refractivity contribution in [3.8, 4) is 5.69 Å². The highest BCUT2D eigenvalue weighted by molar-refractivity contribution is 6.01. The summed E-state index contributed by atoms with van der Waals surface area (Å²) in [6, 6.07) is 12.2. The molecule has 0 bridgehead atoms. The summed E-state index contributed by atoms with van der Waals surface area (Å²) in [5.41, 5.74) is 4.91. The second-order valence-corrected chi connectivity index (χ2v) is 6.38. The van der Waals surface area contributed by atoms with Crippen LogP contribution in [0.1, 0.15) is 22.3 Å². The summed E-state index contributed by atoms with van der Waals surface area (Å²) in [4.78, 5) is 12.1. The molecule has 2 N–H and O–H groups in total. The Morgan fingerprint density at radius 2 is 2.00 bits per heavy atom. The van der Waals surface area contributed by atoms with Crippen molar-refractivity contribution in [1.82, 2.24) is 15.2 Å². The Labute approximate surface area is 151 Å². The SMILES string of the molecule is CNC(=O)c1ccc2c(c1)c(C1=CCNCC1)cn2-c1ccc(F)cc1. The summed E-state index contributed by atoms with van der Waals surface area (Å²) < 4.78 is 15.4. The molecule has 4 rings (SSSR count). The molecular weight excluding hydrogens is 329 g/mol. The van der Waals surface area contributed by atoms with Crippen molar-refractivity contribution in [2.45, 2.75) is 6.42 Å². The van der Waals surface area contributed by atoms with Gasteiger partial charge in [-0.05, 0) is 61.0 Å². The third-order valence-electron chi connectivity index (χ3n) is 4.81. The van der Waals surface area contributed by atoms with E-state index in [-0.39, 0.29) is 11.7 Å². The van der Waals surface area contributed by atoms with Gasteiger partial charge in [0.05, 0.1) is 5.52 Å². The van der Waals surface area contributed by atoms with E-state index < -0.39 is 0 Å². The maximum absolute atomic E-state index is 13.3. The molecule has 4 nitrogen and oxygen atoms in total. The van der Waals surface area contributed by atoms with Crippen molar-refractivity contribution < 1.29 is 9.18 Å². The molecule has 0 saturated carbocycles. The summed E-state index contributed by atoms with van der Waals surface area (Å²) in [7, 11) is 1.63. The molecule has 0 saturated heterocycles. The van der Waals surface area contributed by atoms with Crippen LogP contribution in [0.5, 0.6) is 0 Å². The van der Waals surface area contributed by atoms with Crippen molar-refractivity contribution in [3.05, 3.63) is 71.7 Å². The highest BCUT2D eigenvalue weighted by Crippen LogP contribution is 2.32. The van der Waals surface area contributed by atoms with Gasteiger partial charge in [0.2, 0.25) is 0 Å². The van der Waals surface area contributed by atoms with Crippen molar-refractivity contribution >= 4 is 22.4 Å². The molecule has 132 valence electrons. The Kier molecular flexibility index (Phi) is 4.31. The first-order valence-corrected chi connectivity index (χ1v) is 8.70. The van der Waals surface area contributed by atoms with Crippen LogP contribution in [0, 0.1) is 5.82 Å². The molecule has 0 spiro atoms. The molecule has 0 radical (unpaired) electrons. The maximum Gasteiger partial charge on any atom is 0.251 e. The van der Waals surface area contributed by atoms with Crippen LogP contribution in [0.4, 0.5) is 4.39 Å². The fraction of sp³-hybridized carbons (Fsp3) is 0.190. The Morgan fingerprint density at radius 3 is 2.69 bits per heavy atom. The summed E-state index contributed by atoms with van der Waals surface area (Å²) in [5.74, 6) is -0.361. The number of benzene rings is 2. The lowest BCUT2D eigenvalue weighted by Crippen LogP contribution is -2.20. The van der Waals surface area contributed by atoms with E-state index in [1.807, 2.05) is 18.2 Å². The minimum absolute atomic E-state index is 0.105. The van der Waals surface area contributed by atoms with Gasteiger partial charge in [0.1, 0.15) is 5.82 Å². The zero-order valence-corrected chi connectivity index (χ0v) is 14.6. The number of aromatic nitrogens is 1. The average Bonchev–Trinajstić information content (AvgIpc) is 3.07. The lowest BCUT2D eigenvalue weighted by Gasteiger charge is -2.13. The Bertz CT molecular complexity index is 1000. The van der Waals surface area contributed by atoms with Gasteiger partial charge in [-0.2, -0.15) is 0 Å². The van der Waals surface area contributed by atoms with Crippen LogP contribution < -0.4 is 10.6 Å². The fourth-order valence-corrected chi connectivity index (χ4v) is 3.45. The van der Waals surface area contributed by atoms with Crippen LogP contribution in [0.15, 0.2) is 54.7 Å². The van der Waals surface area contributed by atoms with E-state index in [9.17, 15) is 9.18 Å². The number of amides is 1. The van der Waals surface area contributed by atoms with Gasteiger partial charge in [0.15, 0.2) is 0 Å². The minimum Gasteiger partial charge on any atom is -0.355 e. The summed E-state index contributed by atoms with van der Waals surface area (Å²) in [5, 5.41) is 7.04. The van der Waals surface area contributed by atoms with E-state index in [1.54, 1.807) is 19.2 Å². The van der Waals surface area contributed by atoms with Gasteiger partial charge >= 0.3 is 0 Å². The number of rotatable bonds is 3. The maximum atomic E-state index is 13.3. The number of carbonyl (C=O) groups excluding carboxylic acids is 1. The second-order valence-electron chi connectivity index (χ2n) is 6.38. The lowest BCUT2D eigenvalue weighted by molar-refractivity contribution is 0.0963. The molecule has 1 aliphatic rings. The van der Waals surface area contributed by atoms with Gasteiger partial charge in [-0.1, -0.05) is 6.08 Å². The second kappa shape index (κ2) is 6.77. The molecule has 1 amide bonds. The van der Waals surface area contributed by atoms with Gasteiger partial charge in [-0.15, -0.1) is 0 Å². The number of nitrogens with zero attached hydrogens (tertiary/aromatic N) is 1. The Morgan fingerprint density at radius 1 is 1.19 bits per heavy atom. The number of hydrogen-bond donors (Lipinski definition) is 2. The molecule has 0 atom stereocenters.